The van der Waals surface area contributed by atoms with Crippen molar-refractivity contribution in [3.8, 4) is 6.07 Å². The van der Waals surface area contributed by atoms with E-state index in [0.29, 0.717) is 21.8 Å². The van der Waals surface area contributed by atoms with Crippen molar-refractivity contribution in [3.63, 3.8) is 0 Å². The van der Waals surface area contributed by atoms with Crippen molar-refractivity contribution < 1.29 is 4.79 Å². The van der Waals surface area contributed by atoms with Crippen LogP contribution < -0.4 is 5.32 Å². The predicted octanol–water partition coefficient (Wildman–Crippen LogP) is 4.08. The number of benzene rings is 2. The summed E-state index contributed by atoms with van der Waals surface area (Å²) < 4.78 is 0. The first kappa shape index (κ1) is 14.1. The molecule has 0 unspecified atom stereocenters. The number of nitrogens with one attached hydrogen (secondary N) is 1. The molecule has 2 rings (SSSR count). The van der Waals surface area contributed by atoms with E-state index in [1.165, 1.54) is 0 Å². The van der Waals surface area contributed by atoms with Gasteiger partial charge in [0.2, 0.25) is 0 Å². The van der Waals surface area contributed by atoms with Crippen LogP contribution in [0, 0.1) is 25.2 Å². The van der Waals surface area contributed by atoms with Crippen LogP contribution in [0.4, 0.5) is 5.69 Å². The summed E-state index contributed by atoms with van der Waals surface area (Å²) in [4.78, 5) is 12.3. The van der Waals surface area contributed by atoms with Gasteiger partial charge in [0.25, 0.3) is 5.91 Å². The van der Waals surface area contributed by atoms with Gasteiger partial charge in [-0.15, -0.1) is 0 Å². The van der Waals surface area contributed by atoms with E-state index in [0.717, 1.165) is 11.1 Å². The van der Waals surface area contributed by atoms with E-state index in [-0.39, 0.29) is 5.91 Å². The summed E-state index contributed by atoms with van der Waals surface area (Å²) in [5.41, 5.74) is 3.36. The maximum atomic E-state index is 12.3. The van der Waals surface area contributed by atoms with Gasteiger partial charge in [-0.25, -0.2) is 0 Å². The minimum atomic E-state index is -0.245. The Bertz CT molecular complexity index is 717. The minimum absolute atomic E-state index is 0.245. The van der Waals surface area contributed by atoms with Crippen LogP contribution in [0.3, 0.4) is 0 Å². The van der Waals surface area contributed by atoms with E-state index >= 15 is 0 Å². The molecule has 20 heavy (non-hydrogen) atoms. The molecular weight excluding hydrogens is 272 g/mol. The molecule has 0 saturated carbocycles. The molecule has 3 nitrogen and oxygen atoms in total. The predicted molar refractivity (Wildman–Crippen MR) is 80.0 cm³/mol. The molecule has 0 spiro atoms. The molecule has 0 heterocycles. The first-order chi connectivity index (χ1) is 9.52. The number of hydrogen-bond donors (Lipinski definition) is 1. The summed E-state index contributed by atoms with van der Waals surface area (Å²) in [7, 11) is 0. The van der Waals surface area contributed by atoms with Crippen molar-refractivity contribution in [2.75, 3.05) is 5.32 Å². The van der Waals surface area contributed by atoms with Crippen molar-refractivity contribution in [1.82, 2.24) is 0 Å². The van der Waals surface area contributed by atoms with E-state index < -0.39 is 0 Å². The molecule has 0 bridgehead atoms. The average molecular weight is 285 g/mol. The molecule has 0 aliphatic rings. The van der Waals surface area contributed by atoms with Crippen LogP contribution in [0.15, 0.2) is 36.4 Å². The number of carbonyl (C=O) groups excluding carboxylic acids is 1. The highest BCUT2D eigenvalue weighted by Crippen LogP contribution is 2.22. The normalized spacial score (nSPS) is 9.90. The van der Waals surface area contributed by atoms with Crippen molar-refractivity contribution in [1.29, 1.82) is 5.26 Å². The number of carbonyl (C=O) groups is 1. The zero-order valence-electron chi connectivity index (χ0n) is 11.2. The number of nitrogens with zero attached hydrogens (tertiary/aromatic N) is 1. The summed E-state index contributed by atoms with van der Waals surface area (Å²) in [5.74, 6) is -0.245. The molecule has 0 radical (unpaired) electrons. The highest BCUT2D eigenvalue weighted by Gasteiger charge is 2.12. The molecule has 0 aliphatic carbocycles. The Morgan fingerprint density at radius 3 is 2.70 bits per heavy atom. The smallest absolute Gasteiger partial charge is 0.255 e. The Morgan fingerprint density at radius 1 is 1.25 bits per heavy atom. The van der Waals surface area contributed by atoms with Gasteiger partial charge in [0, 0.05) is 10.6 Å². The number of nitriles is 1. The number of aryl methyl sites for hydroxylation is 1. The number of amides is 1. The van der Waals surface area contributed by atoms with Crippen molar-refractivity contribution >= 4 is 23.2 Å². The number of anilines is 1. The van der Waals surface area contributed by atoms with Crippen molar-refractivity contribution in [2.45, 2.75) is 13.8 Å². The summed E-state index contributed by atoms with van der Waals surface area (Å²) in [6, 6.07) is 12.4. The summed E-state index contributed by atoms with van der Waals surface area (Å²) >= 11 is 5.90. The first-order valence-electron chi connectivity index (χ1n) is 6.10. The second kappa shape index (κ2) is 5.77. The van der Waals surface area contributed by atoms with Gasteiger partial charge in [-0.1, -0.05) is 23.7 Å². The Kier molecular flexibility index (Phi) is 4.07. The van der Waals surface area contributed by atoms with Gasteiger partial charge in [0.1, 0.15) is 6.07 Å². The second-order valence-electron chi connectivity index (χ2n) is 4.50. The highest BCUT2D eigenvalue weighted by molar-refractivity contribution is 6.31. The van der Waals surface area contributed by atoms with Crippen LogP contribution in [0.1, 0.15) is 27.0 Å². The molecule has 0 saturated heterocycles. The number of rotatable bonds is 2. The molecule has 1 N–H and O–H groups in total. The lowest BCUT2D eigenvalue weighted by atomic mass is 10.0. The largest absolute Gasteiger partial charge is 0.321 e. The molecular formula is C16H13ClN2O. The fourth-order valence-electron chi connectivity index (χ4n) is 1.90. The topological polar surface area (TPSA) is 52.9 Å². The quantitative estimate of drug-likeness (QED) is 0.903. The molecule has 2 aromatic rings. The zero-order chi connectivity index (χ0) is 14.7. The van der Waals surface area contributed by atoms with Gasteiger partial charge in [-0.2, -0.15) is 5.26 Å². The molecule has 100 valence electrons. The van der Waals surface area contributed by atoms with Crippen LogP contribution in [-0.2, 0) is 0 Å². The highest BCUT2D eigenvalue weighted by atomic mass is 35.5. The third-order valence-electron chi connectivity index (χ3n) is 3.20. The molecule has 0 fully saturated rings. The summed E-state index contributed by atoms with van der Waals surface area (Å²) in [6.45, 7) is 3.85. The van der Waals surface area contributed by atoms with E-state index in [2.05, 4.69) is 5.32 Å². The lowest BCUT2D eigenvalue weighted by molar-refractivity contribution is 0.102. The standard InChI is InChI=1S/C16H13ClN2O/c1-10-4-3-5-14(11(10)2)16(20)19-15-8-13(17)7-6-12(15)9-18/h3-8H,1-2H3,(H,19,20). The Hall–Kier alpha value is -2.31. The molecule has 0 atom stereocenters. The molecule has 0 aliphatic heterocycles. The SMILES string of the molecule is Cc1cccc(C(=O)Nc2cc(Cl)ccc2C#N)c1C. The van der Waals surface area contributed by atoms with E-state index in [1.807, 2.05) is 32.0 Å². The van der Waals surface area contributed by atoms with Crippen molar-refractivity contribution in [2.24, 2.45) is 0 Å². The van der Waals surface area contributed by atoms with Crippen LogP contribution >= 0.6 is 11.6 Å². The monoisotopic (exact) mass is 284 g/mol. The molecule has 0 aromatic heterocycles. The Balaban J connectivity index is 2.35. The molecule has 2 aromatic carbocycles. The zero-order valence-corrected chi connectivity index (χ0v) is 12.0. The third-order valence-corrected chi connectivity index (χ3v) is 3.43. The van der Waals surface area contributed by atoms with Gasteiger partial charge < -0.3 is 5.32 Å². The van der Waals surface area contributed by atoms with Gasteiger partial charge in [-0.3, -0.25) is 4.79 Å². The fourth-order valence-corrected chi connectivity index (χ4v) is 2.08. The number of hydrogen-bond acceptors (Lipinski definition) is 2. The van der Waals surface area contributed by atoms with E-state index in [4.69, 9.17) is 16.9 Å². The second-order valence-corrected chi connectivity index (χ2v) is 4.94. The van der Waals surface area contributed by atoms with Crippen LogP contribution in [0.5, 0.6) is 0 Å². The van der Waals surface area contributed by atoms with Crippen LogP contribution in [-0.4, -0.2) is 5.91 Å². The van der Waals surface area contributed by atoms with E-state index in [1.54, 1.807) is 24.3 Å². The number of halogens is 1. The van der Waals surface area contributed by atoms with Gasteiger partial charge in [0.15, 0.2) is 0 Å². The maximum absolute atomic E-state index is 12.3. The lowest BCUT2D eigenvalue weighted by Crippen LogP contribution is -2.14. The average Bonchev–Trinajstić information content (AvgIpc) is 2.42. The fraction of sp³-hybridized carbons (Fsp3) is 0.125. The third kappa shape index (κ3) is 2.81. The van der Waals surface area contributed by atoms with Crippen LogP contribution in [0.25, 0.3) is 0 Å². The van der Waals surface area contributed by atoms with E-state index in [9.17, 15) is 4.79 Å². The minimum Gasteiger partial charge on any atom is -0.321 e. The maximum Gasteiger partial charge on any atom is 0.255 e. The van der Waals surface area contributed by atoms with Crippen molar-refractivity contribution in [3.05, 3.63) is 63.7 Å². The summed E-state index contributed by atoms with van der Waals surface area (Å²) in [5, 5.41) is 12.3. The Morgan fingerprint density at radius 2 is 2.00 bits per heavy atom. The van der Waals surface area contributed by atoms with Gasteiger partial charge >= 0.3 is 0 Å². The molecule has 4 heteroatoms. The Labute approximate surface area is 122 Å². The van der Waals surface area contributed by atoms with Gasteiger partial charge in [-0.05, 0) is 49.2 Å². The van der Waals surface area contributed by atoms with Crippen LogP contribution in [0.2, 0.25) is 5.02 Å². The van der Waals surface area contributed by atoms with Gasteiger partial charge in [0.05, 0.1) is 11.3 Å². The first-order valence-corrected chi connectivity index (χ1v) is 6.48. The molecule has 1 amide bonds. The lowest BCUT2D eigenvalue weighted by Gasteiger charge is -2.10. The summed E-state index contributed by atoms with van der Waals surface area (Å²) in [6.07, 6.45) is 0.